The Kier molecular flexibility index (Phi) is 11.7. The van der Waals surface area contributed by atoms with Gasteiger partial charge in [-0.05, 0) is 85.6 Å². The average molecular weight is 823 g/mol. The number of hydrogen-bond donors (Lipinski definition) is 4. The van der Waals surface area contributed by atoms with E-state index in [4.69, 9.17) is 27.6 Å². The van der Waals surface area contributed by atoms with E-state index in [-0.39, 0.29) is 0 Å². The number of aromatic amines is 2. The molecule has 3 aromatic heterocycles. The zero-order valence-electron chi connectivity index (χ0n) is 31.3. The lowest BCUT2D eigenvalue weighted by Crippen LogP contribution is -2.33. The zero-order valence-corrected chi connectivity index (χ0v) is 32.9. The number of rotatable bonds is 10. The van der Waals surface area contributed by atoms with Crippen LogP contribution in [0.1, 0.15) is 30.6 Å². The van der Waals surface area contributed by atoms with Crippen LogP contribution >= 0.6 is 23.2 Å². The molecule has 0 aliphatic carbocycles. The van der Waals surface area contributed by atoms with Gasteiger partial charge in [0.05, 0.1) is 33.2 Å². The molecular weight excluding hydrogens is 782 g/mol. The highest BCUT2D eigenvalue weighted by Crippen LogP contribution is 2.36. The van der Waals surface area contributed by atoms with E-state index in [9.17, 15) is 13.2 Å². The Labute approximate surface area is 343 Å². The Morgan fingerprint density at radius 3 is 1.74 bits per heavy atom. The molecular formula is C45H40Cl2F3N7O. The SMILES string of the molecule is Clc1cc2[nH]nc(NCCN3CCCCC3)c2cc1-c1ccccc1.FC(F)(F)c1ccc(-c2ccc(CNc3n[nH]c4cc(Cl)c(-c5ccccc5)cc34)o2)cc1. The molecule has 5 aromatic carbocycles. The van der Waals surface area contributed by atoms with Crippen molar-refractivity contribution >= 4 is 56.6 Å². The largest absolute Gasteiger partial charge is 0.459 e. The molecule has 1 saturated heterocycles. The van der Waals surface area contributed by atoms with Gasteiger partial charge in [-0.3, -0.25) is 10.2 Å². The zero-order chi connectivity index (χ0) is 40.1. The van der Waals surface area contributed by atoms with Crippen molar-refractivity contribution < 1.29 is 17.6 Å². The van der Waals surface area contributed by atoms with Gasteiger partial charge < -0.3 is 20.0 Å². The van der Waals surface area contributed by atoms with Gasteiger partial charge in [-0.25, -0.2) is 0 Å². The van der Waals surface area contributed by atoms with Crippen LogP contribution in [0.5, 0.6) is 0 Å². The second kappa shape index (κ2) is 17.4. The fourth-order valence-corrected chi connectivity index (χ4v) is 7.71. The first-order valence-electron chi connectivity index (χ1n) is 19.1. The molecule has 8 nitrogen and oxygen atoms in total. The Balaban J connectivity index is 0.000000168. The summed E-state index contributed by atoms with van der Waals surface area (Å²) in [5.41, 5.74) is 5.70. The molecule has 4 heterocycles. The van der Waals surface area contributed by atoms with Gasteiger partial charge in [0.15, 0.2) is 11.6 Å². The number of nitrogens with one attached hydrogen (secondary N) is 4. The Hall–Kier alpha value is -5.75. The topological polar surface area (TPSA) is 97.8 Å². The predicted molar refractivity (Wildman–Crippen MR) is 228 cm³/mol. The van der Waals surface area contributed by atoms with Crippen LogP contribution in [0.15, 0.2) is 126 Å². The van der Waals surface area contributed by atoms with Crippen molar-refractivity contribution in [1.82, 2.24) is 25.3 Å². The maximum Gasteiger partial charge on any atom is 0.416 e. The molecule has 1 aliphatic rings. The molecule has 0 saturated carbocycles. The molecule has 0 amide bonds. The average Bonchev–Trinajstić information content (AvgIpc) is 3.99. The molecule has 4 N–H and O–H groups in total. The number of alkyl halides is 3. The fraction of sp³-hybridized carbons (Fsp3) is 0.200. The van der Waals surface area contributed by atoms with Crippen LogP contribution in [0.25, 0.3) is 55.4 Å². The summed E-state index contributed by atoms with van der Waals surface area (Å²) in [7, 11) is 0. The van der Waals surface area contributed by atoms with E-state index in [1.807, 2.05) is 66.7 Å². The monoisotopic (exact) mass is 821 g/mol. The lowest BCUT2D eigenvalue weighted by Gasteiger charge is -2.26. The van der Waals surface area contributed by atoms with Crippen molar-refractivity contribution in [3.63, 3.8) is 0 Å². The molecule has 8 aromatic rings. The van der Waals surface area contributed by atoms with E-state index in [2.05, 4.69) is 54.1 Å². The number of hydrogen-bond acceptors (Lipinski definition) is 6. The van der Waals surface area contributed by atoms with Gasteiger partial charge in [0.1, 0.15) is 11.5 Å². The van der Waals surface area contributed by atoms with Gasteiger partial charge in [-0.1, -0.05) is 102 Å². The molecule has 0 atom stereocenters. The number of anilines is 2. The third-order valence-corrected chi connectivity index (χ3v) is 10.9. The third kappa shape index (κ3) is 9.02. The van der Waals surface area contributed by atoms with Crippen LogP contribution in [0.4, 0.5) is 24.8 Å². The predicted octanol–water partition coefficient (Wildman–Crippen LogP) is 12.6. The number of benzene rings is 5. The molecule has 58 heavy (non-hydrogen) atoms. The van der Waals surface area contributed by atoms with Gasteiger partial charge in [-0.2, -0.15) is 23.4 Å². The molecule has 1 aliphatic heterocycles. The first-order valence-corrected chi connectivity index (χ1v) is 19.9. The number of fused-ring (bicyclic) bond motifs is 2. The summed E-state index contributed by atoms with van der Waals surface area (Å²) >= 11 is 12.9. The van der Waals surface area contributed by atoms with Crippen molar-refractivity contribution in [2.45, 2.75) is 32.0 Å². The minimum absolute atomic E-state index is 0.351. The van der Waals surface area contributed by atoms with Gasteiger partial charge >= 0.3 is 6.18 Å². The van der Waals surface area contributed by atoms with Crippen molar-refractivity contribution in [1.29, 1.82) is 0 Å². The maximum absolute atomic E-state index is 12.8. The maximum atomic E-state index is 12.8. The van der Waals surface area contributed by atoms with Crippen LogP contribution in [0, 0.1) is 0 Å². The summed E-state index contributed by atoms with van der Waals surface area (Å²) in [5.74, 6) is 2.66. The van der Waals surface area contributed by atoms with Gasteiger partial charge in [0.2, 0.25) is 0 Å². The highest BCUT2D eigenvalue weighted by Gasteiger charge is 2.30. The molecule has 0 bridgehead atoms. The van der Waals surface area contributed by atoms with Crippen LogP contribution < -0.4 is 10.6 Å². The standard InChI is InChI=1S/C25H17ClF3N3O.C20H23ClN4/c26-21-13-22-20(12-19(21)15-4-2-1-3-5-15)24(32-31-22)30-14-18-10-11-23(33-18)16-6-8-17(9-7-16)25(27,28)29;21-18-14-19-17(13-16(18)15-7-3-1-4-8-15)20(24-23-19)22-9-12-25-10-5-2-6-11-25/h1-13H,14H2,(H2,30,31,32);1,3-4,7-8,13-14H,2,5-6,9-12H2,(H2,22,23,24). The molecule has 296 valence electrons. The molecule has 0 radical (unpaired) electrons. The van der Waals surface area contributed by atoms with E-state index in [1.54, 1.807) is 12.1 Å². The van der Waals surface area contributed by atoms with Crippen LogP contribution in [0.3, 0.4) is 0 Å². The summed E-state index contributed by atoms with van der Waals surface area (Å²) < 4.78 is 44.1. The van der Waals surface area contributed by atoms with E-state index in [1.165, 1.54) is 44.5 Å². The number of nitrogens with zero attached hydrogens (tertiary/aromatic N) is 3. The normalized spacial score (nSPS) is 13.4. The van der Waals surface area contributed by atoms with E-state index in [0.717, 1.165) is 80.1 Å². The minimum Gasteiger partial charge on any atom is -0.459 e. The summed E-state index contributed by atoms with van der Waals surface area (Å²) in [5, 5.41) is 24.9. The molecule has 0 unspecified atom stereocenters. The summed E-state index contributed by atoms with van der Waals surface area (Å²) in [6.07, 6.45) is -0.348. The van der Waals surface area contributed by atoms with Gasteiger partial charge in [0, 0.05) is 40.6 Å². The first-order chi connectivity index (χ1) is 28.2. The smallest absolute Gasteiger partial charge is 0.416 e. The lowest BCUT2D eigenvalue weighted by atomic mass is 10.0. The van der Waals surface area contributed by atoms with E-state index >= 15 is 0 Å². The van der Waals surface area contributed by atoms with Crippen molar-refractivity contribution in [2.75, 3.05) is 36.8 Å². The Morgan fingerprint density at radius 2 is 1.19 bits per heavy atom. The summed E-state index contributed by atoms with van der Waals surface area (Å²) in [4.78, 5) is 2.53. The number of likely N-dealkylation sites (tertiary alicyclic amines) is 1. The number of furan rings is 1. The van der Waals surface area contributed by atoms with Crippen molar-refractivity contribution in [3.8, 4) is 33.6 Å². The summed E-state index contributed by atoms with van der Waals surface area (Å²) in [6, 6.07) is 36.4. The van der Waals surface area contributed by atoms with Crippen molar-refractivity contribution in [2.24, 2.45) is 0 Å². The molecule has 9 rings (SSSR count). The molecule has 0 spiro atoms. The third-order valence-electron chi connectivity index (χ3n) is 10.2. The van der Waals surface area contributed by atoms with Crippen LogP contribution in [-0.2, 0) is 12.7 Å². The van der Waals surface area contributed by atoms with E-state index < -0.39 is 11.7 Å². The lowest BCUT2D eigenvalue weighted by molar-refractivity contribution is -0.137. The highest BCUT2D eigenvalue weighted by atomic mass is 35.5. The van der Waals surface area contributed by atoms with Crippen LogP contribution in [-0.4, -0.2) is 51.5 Å². The number of halogens is 5. The Morgan fingerprint density at radius 1 is 0.638 bits per heavy atom. The van der Waals surface area contributed by atoms with Gasteiger partial charge in [-0.15, -0.1) is 0 Å². The molecule has 13 heteroatoms. The molecule has 1 fully saturated rings. The highest BCUT2D eigenvalue weighted by molar-refractivity contribution is 6.34. The second-order valence-electron chi connectivity index (χ2n) is 14.2. The fourth-order valence-electron chi connectivity index (χ4n) is 7.16. The van der Waals surface area contributed by atoms with Crippen molar-refractivity contribution in [3.05, 3.63) is 143 Å². The second-order valence-corrected chi connectivity index (χ2v) is 15.0. The Bertz CT molecular complexity index is 2600. The number of aromatic nitrogens is 4. The quantitative estimate of drug-likeness (QED) is 0.110. The number of piperidine rings is 1. The summed E-state index contributed by atoms with van der Waals surface area (Å²) in [6.45, 7) is 4.76. The number of H-pyrrole nitrogens is 2. The minimum atomic E-state index is -4.37. The van der Waals surface area contributed by atoms with Crippen LogP contribution in [0.2, 0.25) is 10.0 Å². The first kappa shape index (κ1) is 39.1. The van der Waals surface area contributed by atoms with Gasteiger partial charge in [0.25, 0.3) is 0 Å². The van der Waals surface area contributed by atoms with E-state index in [0.29, 0.717) is 34.5 Å².